The summed E-state index contributed by atoms with van der Waals surface area (Å²) in [4.78, 5) is 17.3. The normalized spacial score (nSPS) is 16.6. The lowest BCUT2D eigenvalue weighted by atomic mass is 9.98. The smallest absolute Gasteiger partial charge is 0.246 e. The van der Waals surface area contributed by atoms with Crippen molar-refractivity contribution < 1.29 is 13.9 Å². The van der Waals surface area contributed by atoms with Crippen LogP contribution >= 0.6 is 0 Å². The maximum atomic E-state index is 14.4. The molecular formula is C20H26FN3O2Si. The number of ether oxygens (including phenoxy) is 1. The van der Waals surface area contributed by atoms with Gasteiger partial charge in [0.1, 0.15) is 11.9 Å². The molecule has 0 fully saturated rings. The van der Waals surface area contributed by atoms with Crippen LogP contribution in [0.2, 0.25) is 19.6 Å². The van der Waals surface area contributed by atoms with Crippen molar-refractivity contribution in [3.8, 4) is 5.88 Å². The maximum Gasteiger partial charge on any atom is 0.246 e. The zero-order chi connectivity index (χ0) is 19.6. The molecule has 2 N–H and O–H groups in total. The average Bonchev–Trinajstić information content (AvgIpc) is 2.60. The fourth-order valence-corrected chi connectivity index (χ4v) is 4.65. The molecule has 144 valence electrons. The number of pyridine rings is 1. The SMILES string of the molecule is CCOc1ccc2c(n1)CCNC2C(=O)Nc1ccc([Si](C)(C)C)c(F)c1. The molecule has 1 aromatic carbocycles. The second-order valence-electron chi connectivity index (χ2n) is 7.69. The molecule has 2 heterocycles. The predicted octanol–water partition coefficient (Wildman–Crippen LogP) is 2.99. The Hall–Kier alpha value is -2.25. The van der Waals surface area contributed by atoms with E-state index in [9.17, 15) is 9.18 Å². The second-order valence-corrected chi connectivity index (χ2v) is 12.7. The molecule has 0 radical (unpaired) electrons. The van der Waals surface area contributed by atoms with E-state index in [0.29, 0.717) is 24.7 Å². The van der Waals surface area contributed by atoms with Crippen molar-refractivity contribution in [1.29, 1.82) is 0 Å². The summed E-state index contributed by atoms with van der Waals surface area (Å²) >= 11 is 0. The van der Waals surface area contributed by atoms with E-state index >= 15 is 0 Å². The van der Waals surface area contributed by atoms with E-state index < -0.39 is 14.1 Å². The van der Waals surface area contributed by atoms with E-state index in [0.717, 1.165) is 22.9 Å². The number of hydrogen-bond donors (Lipinski definition) is 2. The number of halogens is 1. The number of anilines is 1. The molecule has 1 atom stereocenters. The third kappa shape index (κ3) is 4.36. The van der Waals surface area contributed by atoms with Crippen molar-refractivity contribution in [3.63, 3.8) is 0 Å². The van der Waals surface area contributed by atoms with Gasteiger partial charge in [0, 0.05) is 30.3 Å². The minimum Gasteiger partial charge on any atom is -0.478 e. The lowest BCUT2D eigenvalue weighted by Gasteiger charge is -2.26. The molecule has 1 aliphatic rings. The van der Waals surface area contributed by atoms with Crippen LogP contribution in [0, 0.1) is 5.82 Å². The van der Waals surface area contributed by atoms with E-state index in [1.807, 2.05) is 13.0 Å². The van der Waals surface area contributed by atoms with Crippen LogP contribution in [0.1, 0.15) is 24.2 Å². The molecule has 0 bridgehead atoms. The van der Waals surface area contributed by atoms with Crippen molar-refractivity contribution in [2.45, 2.75) is 39.0 Å². The quantitative estimate of drug-likeness (QED) is 0.774. The predicted molar refractivity (Wildman–Crippen MR) is 108 cm³/mol. The summed E-state index contributed by atoms with van der Waals surface area (Å²) in [5.41, 5.74) is 2.16. The number of rotatable bonds is 5. The van der Waals surface area contributed by atoms with Crippen LogP contribution < -0.4 is 20.6 Å². The highest BCUT2D eigenvalue weighted by Crippen LogP contribution is 2.25. The molecule has 0 saturated heterocycles. The van der Waals surface area contributed by atoms with Crippen LogP contribution in [-0.2, 0) is 11.2 Å². The van der Waals surface area contributed by atoms with E-state index in [4.69, 9.17) is 4.74 Å². The first kappa shape index (κ1) is 19.5. The summed E-state index contributed by atoms with van der Waals surface area (Å²) in [6.45, 7) is 9.39. The molecule has 5 nitrogen and oxygen atoms in total. The van der Waals surface area contributed by atoms with Gasteiger partial charge in [-0.1, -0.05) is 25.7 Å². The summed E-state index contributed by atoms with van der Waals surface area (Å²) in [7, 11) is -1.75. The van der Waals surface area contributed by atoms with Gasteiger partial charge in [-0.05, 0) is 30.3 Å². The number of nitrogens with one attached hydrogen (secondary N) is 2. The Morgan fingerprint density at radius 1 is 1.33 bits per heavy atom. The third-order valence-corrected chi connectivity index (χ3v) is 6.63. The summed E-state index contributed by atoms with van der Waals surface area (Å²) in [6, 6.07) is 8.10. The summed E-state index contributed by atoms with van der Waals surface area (Å²) < 4.78 is 19.9. The Kier molecular flexibility index (Phi) is 5.62. The Morgan fingerprint density at radius 2 is 2.11 bits per heavy atom. The van der Waals surface area contributed by atoms with Gasteiger partial charge in [0.05, 0.1) is 20.4 Å². The van der Waals surface area contributed by atoms with Gasteiger partial charge in [0.2, 0.25) is 11.8 Å². The van der Waals surface area contributed by atoms with Crippen molar-refractivity contribution in [2.24, 2.45) is 0 Å². The summed E-state index contributed by atoms with van der Waals surface area (Å²) in [6.07, 6.45) is 0.736. The molecule has 1 amide bonds. The Labute approximate surface area is 160 Å². The number of fused-ring (bicyclic) bond motifs is 1. The van der Waals surface area contributed by atoms with Gasteiger partial charge in [-0.3, -0.25) is 4.79 Å². The lowest BCUT2D eigenvalue weighted by molar-refractivity contribution is -0.118. The van der Waals surface area contributed by atoms with Gasteiger partial charge < -0.3 is 15.4 Å². The van der Waals surface area contributed by atoms with E-state index in [1.165, 1.54) is 6.07 Å². The van der Waals surface area contributed by atoms with Crippen molar-refractivity contribution >= 4 is 24.9 Å². The molecule has 27 heavy (non-hydrogen) atoms. The number of aromatic nitrogens is 1. The molecule has 0 spiro atoms. The maximum absolute atomic E-state index is 14.4. The minimum absolute atomic E-state index is 0.220. The number of carbonyl (C=O) groups excluding carboxylic acids is 1. The zero-order valence-corrected chi connectivity index (χ0v) is 17.2. The number of nitrogens with zero attached hydrogens (tertiary/aromatic N) is 1. The van der Waals surface area contributed by atoms with Gasteiger partial charge in [-0.15, -0.1) is 0 Å². The highest BCUT2D eigenvalue weighted by Gasteiger charge is 2.28. The first-order valence-corrected chi connectivity index (χ1v) is 12.8. The number of carbonyl (C=O) groups is 1. The van der Waals surface area contributed by atoms with Crippen molar-refractivity contribution in [3.05, 3.63) is 47.4 Å². The average molecular weight is 388 g/mol. The monoisotopic (exact) mass is 387 g/mol. The lowest BCUT2D eigenvalue weighted by Crippen LogP contribution is -2.40. The topological polar surface area (TPSA) is 63.2 Å². The van der Waals surface area contributed by atoms with Crippen molar-refractivity contribution in [1.82, 2.24) is 10.3 Å². The number of amides is 1. The molecule has 1 aromatic heterocycles. The zero-order valence-electron chi connectivity index (χ0n) is 16.2. The standard InChI is InChI=1S/C20H26FN3O2Si/c1-5-26-18-9-7-14-16(24-18)10-11-22-19(14)20(25)23-13-6-8-17(15(21)12-13)27(2,3)4/h6-9,12,19,22H,5,10-11H2,1-4H3,(H,23,25). The molecule has 1 aliphatic heterocycles. The third-order valence-electron chi connectivity index (χ3n) is 4.60. The van der Waals surface area contributed by atoms with Gasteiger partial charge in [0.15, 0.2) is 0 Å². The van der Waals surface area contributed by atoms with Gasteiger partial charge in [0.25, 0.3) is 0 Å². The van der Waals surface area contributed by atoms with Crippen LogP contribution in [0.15, 0.2) is 30.3 Å². The summed E-state index contributed by atoms with van der Waals surface area (Å²) in [5, 5.41) is 6.80. The highest BCUT2D eigenvalue weighted by molar-refractivity contribution is 6.88. The van der Waals surface area contributed by atoms with E-state index in [2.05, 4.69) is 35.3 Å². The number of benzene rings is 1. The first-order chi connectivity index (χ1) is 12.8. The molecule has 0 aliphatic carbocycles. The first-order valence-electron chi connectivity index (χ1n) is 9.26. The Morgan fingerprint density at radius 3 is 2.78 bits per heavy atom. The van der Waals surface area contributed by atoms with E-state index in [-0.39, 0.29) is 11.7 Å². The molecule has 2 aromatic rings. The molecular weight excluding hydrogens is 361 g/mol. The molecule has 0 saturated carbocycles. The van der Waals surface area contributed by atoms with Gasteiger partial charge >= 0.3 is 0 Å². The Balaban J connectivity index is 1.79. The largest absolute Gasteiger partial charge is 0.478 e. The van der Waals surface area contributed by atoms with Crippen LogP contribution in [0.5, 0.6) is 5.88 Å². The molecule has 1 unspecified atom stereocenters. The Bertz CT molecular complexity index is 852. The van der Waals surface area contributed by atoms with Crippen molar-refractivity contribution in [2.75, 3.05) is 18.5 Å². The fraction of sp³-hybridized carbons (Fsp3) is 0.400. The molecule has 3 rings (SSSR count). The van der Waals surface area contributed by atoms with Crippen LogP contribution in [0.4, 0.5) is 10.1 Å². The highest BCUT2D eigenvalue weighted by atomic mass is 28.3. The fourth-order valence-electron chi connectivity index (χ4n) is 3.28. The van der Waals surface area contributed by atoms with E-state index in [1.54, 1.807) is 18.2 Å². The van der Waals surface area contributed by atoms with Crippen LogP contribution in [-0.4, -0.2) is 32.1 Å². The minimum atomic E-state index is -1.75. The second kappa shape index (κ2) is 7.78. The molecule has 7 heteroatoms. The van der Waals surface area contributed by atoms with Gasteiger partial charge in [-0.2, -0.15) is 0 Å². The van der Waals surface area contributed by atoms with Crippen LogP contribution in [0.3, 0.4) is 0 Å². The summed E-state index contributed by atoms with van der Waals surface area (Å²) in [5.74, 6) is 0.0929. The number of hydrogen-bond acceptors (Lipinski definition) is 4. The van der Waals surface area contributed by atoms with Gasteiger partial charge in [-0.25, -0.2) is 9.37 Å². The van der Waals surface area contributed by atoms with Crippen LogP contribution in [0.25, 0.3) is 0 Å².